The summed E-state index contributed by atoms with van der Waals surface area (Å²) in [5, 5.41) is 3.46. The van der Waals surface area contributed by atoms with Crippen LogP contribution in [0.1, 0.15) is 25.7 Å². The largest absolute Gasteiger partial charge is 0.355 e. The van der Waals surface area contributed by atoms with Crippen LogP contribution in [0, 0.1) is 0 Å². The monoisotopic (exact) mass is 228 g/mol. The molecule has 0 aromatic carbocycles. The van der Waals surface area contributed by atoms with Gasteiger partial charge in [-0.05, 0) is 45.8 Å². The Hall–Kier alpha value is -0.160. The molecule has 4 nitrogen and oxygen atoms in total. The fourth-order valence-corrected chi connectivity index (χ4v) is 2.56. The summed E-state index contributed by atoms with van der Waals surface area (Å²) in [7, 11) is 2.23. The maximum Gasteiger partial charge on any atom is 0.147 e. The Kier molecular flexibility index (Phi) is 5.03. The van der Waals surface area contributed by atoms with Crippen molar-refractivity contribution in [2.24, 2.45) is 0 Å². The van der Waals surface area contributed by atoms with E-state index in [1.165, 1.54) is 25.8 Å². The van der Waals surface area contributed by atoms with Gasteiger partial charge in [-0.25, -0.2) is 0 Å². The first kappa shape index (κ1) is 12.3. The number of hydrogen-bond donors (Lipinski definition) is 1. The van der Waals surface area contributed by atoms with Crippen LogP contribution in [0.3, 0.4) is 0 Å². The molecular formula is C12H24N2O2. The van der Waals surface area contributed by atoms with Crippen LogP contribution < -0.4 is 5.32 Å². The van der Waals surface area contributed by atoms with E-state index in [-0.39, 0.29) is 0 Å². The van der Waals surface area contributed by atoms with E-state index < -0.39 is 0 Å². The van der Waals surface area contributed by atoms with E-state index in [1.54, 1.807) is 0 Å². The summed E-state index contributed by atoms with van der Waals surface area (Å²) in [6.07, 6.45) is 5.28. The molecule has 0 aliphatic carbocycles. The average Bonchev–Trinajstić information content (AvgIpc) is 2.59. The van der Waals surface area contributed by atoms with Crippen LogP contribution in [0.5, 0.6) is 0 Å². The second-order valence-corrected chi connectivity index (χ2v) is 4.88. The lowest BCUT2D eigenvalue weighted by molar-refractivity contribution is -0.145. The molecule has 2 rings (SSSR count). The van der Waals surface area contributed by atoms with Crippen molar-refractivity contribution < 1.29 is 9.47 Å². The van der Waals surface area contributed by atoms with Crippen molar-refractivity contribution in [1.29, 1.82) is 0 Å². The van der Waals surface area contributed by atoms with E-state index in [2.05, 4.69) is 17.3 Å². The van der Waals surface area contributed by atoms with Crippen LogP contribution in [0.15, 0.2) is 0 Å². The van der Waals surface area contributed by atoms with E-state index in [0.29, 0.717) is 12.9 Å². The Morgan fingerprint density at radius 2 is 2.19 bits per heavy atom. The zero-order chi connectivity index (χ0) is 11.2. The molecule has 2 saturated heterocycles. The highest BCUT2D eigenvalue weighted by Gasteiger charge is 2.21. The SMILES string of the molecule is CN(CC1CCOCO1)C1CCCNCC1. The van der Waals surface area contributed by atoms with E-state index in [0.717, 1.165) is 32.2 Å². The predicted molar refractivity (Wildman–Crippen MR) is 63.4 cm³/mol. The van der Waals surface area contributed by atoms with E-state index in [9.17, 15) is 0 Å². The van der Waals surface area contributed by atoms with Crippen molar-refractivity contribution in [3.05, 3.63) is 0 Å². The molecule has 2 heterocycles. The third-order valence-electron chi connectivity index (χ3n) is 3.63. The standard InChI is InChI=1S/C12H24N2O2/c1-14(9-12-5-8-15-10-16-12)11-3-2-6-13-7-4-11/h11-13H,2-10H2,1H3. The summed E-state index contributed by atoms with van der Waals surface area (Å²) < 4.78 is 10.8. The highest BCUT2D eigenvalue weighted by molar-refractivity contribution is 4.76. The van der Waals surface area contributed by atoms with Crippen LogP contribution in [-0.4, -0.2) is 57.1 Å². The molecule has 2 unspecified atom stereocenters. The number of hydrogen-bond acceptors (Lipinski definition) is 4. The molecule has 0 radical (unpaired) electrons. The van der Waals surface area contributed by atoms with Crippen LogP contribution in [-0.2, 0) is 9.47 Å². The van der Waals surface area contributed by atoms with E-state index >= 15 is 0 Å². The van der Waals surface area contributed by atoms with Gasteiger partial charge >= 0.3 is 0 Å². The van der Waals surface area contributed by atoms with Crippen LogP contribution in [0.2, 0.25) is 0 Å². The molecule has 0 aromatic heterocycles. The highest BCUT2D eigenvalue weighted by atomic mass is 16.7. The zero-order valence-corrected chi connectivity index (χ0v) is 10.3. The van der Waals surface area contributed by atoms with Gasteiger partial charge in [0.25, 0.3) is 0 Å². The Morgan fingerprint density at radius 3 is 3.00 bits per heavy atom. The van der Waals surface area contributed by atoms with Gasteiger partial charge in [-0.15, -0.1) is 0 Å². The maximum absolute atomic E-state index is 5.59. The quantitative estimate of drug-likeness (QED) is 0.775. The minimum Gasteiger partial charge on any atom is -0.355 e. The predicted octanol–water partition coefficient (Wildman–Crippen LogP) is 0.823. The Balaban J connectivity index is 1.74. The van der Waals surface area contributed by atoms with Crippen molar-refractivity contribution in [1.82, 2.24) is 10.2 Å². The Labute approximate surface area is 98.3 Å². The topological polar surface area (TPSA) is 33.7 Å². The van der Waals surface area contributed by atoms with Crippen LogP contribution >= 0.6 is 0 Å². The molecule has 4 heteroatoms. The van der Waals surface area contributed by atoms with E-state index in [1.807, 2.05) is 0 Å². The van der Waals surface area contributed by atoms with Gasteiger partial charge in [-0.3, -0.25) is 0 Å². The lowest BCUT2D eigenvalue weighted by atomic mass is 10.1. The van der Waals surface area contributed by atoms with Gasteiger partial charge in [0.15, 0.2) is 0 Å². The lowest BCUT2D eigenvalue weighted by Crippen LogP contribution is -2.41. The molecule has 0 spiro atoms. The molecule has 2 aliphatic heterocycles. The average molecular weight is 228 g/mol. The van der Waals surface area contributed by atoms with Crippen molar-refractivity contribution in [2.45, 2.75) is 37.8 Å². The van der Waals surface area contributed by atoms with Crippen molar-refractivity contribution >= 4 is 0 Å². The first-order valence-electron chi connectivity index (χ1n) is 6.46. The number of nitrogens with zero attached hydrogens (tertiary/aromatic N) is 1. The second-order valence-electron chi connectivity index (χ2n) is 4.88. The van der Waals surface area contributed by atoms with Gasteiger partial charge in [0.2, 0.25) is 0 Å². The summed E-state index contributed by atoms with van der Waals surface area (Å²) in [5.41, 5.74) is 0. The minimum atomic E-state index is 0.370. The summed E-state index contributed by atoms with van der Waals surface area (Å²) in [5.74, 6) is 0. The molecule has 1 N–H and O–H groups in total. The van der Waals surface area contributed by atoms with Gasteiger partial charge < -0.3 is 19.7 Å². The van der Waals surface area contributed by atoms with Crippen molar-refractivity contribution in [2.75, 3.05) is 40.1 Å². The van der Waals surface area contributed by atoms with Crippen LogP contribution in [0.25, 0.3) is 0 Å². The van der Waals surface area contributed by atoms with Gasteiger partial charge in [0.05, 0.1) is 12.7 Å². The molecule has 16 heavy (non-hydrogen) atoms. The number of ether oxygens (including phenoxy) is 2. The van der Waals surface area contributed by atoms with Crippen molar-refractivity contribution in [3.8, 4) is 0 Å². The molecule has 0 amide bonds. The normalized spacial score (nSPS) is 32.6. The molecule has 94 valence electrons. The zero-order valence-electron chi connectivity index (χ0n) is 10.3. The molecule has 0 aromatic rings. The Morgan fingerprint density at radius 1 is 1.25 bits per heavy atom. The molecule has 2 atom stereocenters. The molecule has 2 fully saturated rings. The second kappa shape index (κ2) is 6.55. The lowest BCUT2D eigenvalue weighted by Gasteiger charge is -2.32. The number of likely N-dealkylation sites (N-methyl/N-ethyl adjacent to an activating group) is 1. The van der Waals surface area contributed by atoms with Crippen LogP contribution in [0.4, 0.5) is 0 Å². The van der Waals surface area contributed by atoms with Gasteiger partial charge in [-0.1, -0.05) is 0 Å². The molecule has 0 bridgehead atoms. The third-order valence-corrected chi connectivity index (χ3v) is 3.63. The number of nitrogens with one attached hydrogen (secondary N) is 1. The Bertz CT molecular complexity index is 187. The fourth-order valence-electron chi connectivity index (χ4n) is 2.56. The first-order valence-corrected chi connectivity index (χ1v) is 6.46. The molecule has 0 saturated carbocycles. The van der Waals surface area contributed by atoms with Gasteiger partial charge in [0, 0.05) is 12.6 Å². The third kappa shape index (κ3) is 3.70. The smallest absolute Gasteiger partial charge is 0.147 e. The van der Waals surface area contributed by atoms with Gasteiger partial charge in [0.1, 0.15) is 6.79 Å². The summed E-state index contributed by atoms with van der Waals surface area (Å²) in [4.78, 5) is 2.48. The summed E-state index contributed by atoms with van der Waals surface area (Å²) in [6, 6.07) is 0.724. The molecular weight excluding hydrogens is 204 g/mol. The minimum absolute atomic E-state index is 0.370. The summed E-state index contributed by atoms with van der Waals surface area (Å²) in [6.45, 7) is 4.71. The number of rotatable bonds is 3. The highest BCUT2D eigenvalue weighted by Crippen LogP contribution is 2.15. The van der Waals surface area contributed by atoms with E-state index in [4.69, 9.17) is 9.47 Å². The van der Waals surface area contributed by atoms with Crippen molar-refractivity contribution in [3.63, 3.8) is 0 Å². The molecule has 2 aliphatic rings. The maximum atomic E-state index is 5.59. The first-order chi connectivity index (χ1) is 7.86. The fraction of sp³-hybridized carbons (Fsp3) is 1.00. The summed E-state index contributed by atoms with van der Waals surface area (Å²) >= 11 is 0. The van der Waals surface area contributed by atoms with Gasteiger partial charge in [-0.2, -0.15) is 0 Å².